The van der Waals surface area contributed by atoms with E-state index in [1.165, 1.54) is 19.1 Å². The zero-order valence-electron chi connectivity index (χ0n) is 16.8. The van der Waals surface area contributed by atoms with Crippen molar-refractivity contribution in [1.29, 1.82) is 5.41 Å². The SMILES string of the molecule is CC1CCN(C2CCN(S(=O)(=O)c3cccc(-c4ccc(C=N)cc4)n3)C2)CC1. The lowest BCUT2D eigenvalue weighted by molar-refractivity contribution is 0.143. The molecule has 2 aliphatic heterocycles. The smallest absolute Gasteiger partial charge is 0.260 e. The van der Waals surface area contributed by atoms with Gasteiger partial charge in [0.2, 0.25) is 0 Å². The maximum absolute atomic E-state index is 13.2. The minimum atomic E-state index is -3.60. The van der Waals surface area contributed by atoms with E-state index in [9.17, 15) is 8.42 Å². The van der Waals surface area contributed by atoms with E-state index >= 15 is 0 Å². The van der Waals surface area contributed by atoms with Crippen molar-refractivity contribution in [2.75, 3.05) is 26.2 Å². The molecule has 0 amide bonds. The molecule has 6 nitrogen and oxygen atoms in total. The van der Waals surface area contributed by atoms with Crippen LogP contribution in [0.5, 0.6) is 0 Å². The molecule has 1 N–H and O–H groups in total. The minimum absolute atomic E-state index is 0.110. The number of likely N-dealkylation sites (tertiary alicyclic amines) is 1. The van der Waals surface area contributed by atoms with E-state index in [1.807, 2.05) is 30.3 Å². The number of nitrogens with zero attached hydrogens (tertiary/aromatic N) is 3. The Morgan fingerprint density at radius 2 is 1.76 bits per heavy atom. The Bertz CT molecular complexity index is 967. The molecule has 0 saturated carbocycles. The van der Waals surface area contributed by atoms with Crippen molar-refractivity contribution in [2.24, 2.45) is 5.92 Å². The van der Waals surface area contributed by atoms with Gasteiger partial charge in [-0.15, -0.1) is 0 Å². The molecule has 0 bridgehead atoms. The van der Waals surface area contributed by atoms with Gasteiger partial charge in [0.15, 0.2) is 5.03 Å². The number of rotatable bonds is 5. The first-order valence-electron chi connectivity index (χ1n) is 10.3. The summed E-state index contributed by atoms with van der Waals surface area (Å²) in [4.78, 5) is 6.92. The molecule has 0 radical (unpaired) electrons. The van der Waals surface area contributed by atoms with Crippen molar-refractivity contribution in [2.45, 2.75) is 37.3 Å². The van der Waals surface area contributed by atoms with Gasteiger partial charge in [0.05, 0.1) is 5.69 Å². The van der Waals surface area contributed by atoms with Crippen LogP contribution in [-0.2, 0) is 10.0 Å². The van der Waals surface area contributed by atoms with Crippen LogP contribution in [0.15, 0.2) is 47.5 Å². The van der Waals surface area contributed by atoms with Crippen LogP contribution in [0.4, 0.5) is 0 Å². The van der Waals surface area contributed by atoms with Gasteiger partial charge in [0, 0.05) is 30.9 Å². The summed E-state index contributed by atoms with van der Waals surface area (Å²) >= 11 is 0. The van der Waals surface area contributed by atoms with Gasteiger partial charge in [0.25, 0.3) is 10.0 Å². The number of nitrogens with one attached hydrogen (secondary N) is 1. The average molecular weight is 413 g/mol. The molecule has 7 heteroatoms. The second-order valence-corrected chi connectivity index (χ2v) is 10.0. The van der Waals surface area contributed by atoms with Crippen LogP contribution in [0.2, 0.25) is 0 Å². The number of piperidine rings is 1. The van der Waals surface area contributed by atoms with Gasteiger partial charge in [-0.25, -0.2) is 13.4 Å². The van der Waals surface area contributed by atoms with Crippen molar-refractivity contribution in [3.63, 3.8) is 0 Å². The number of benzene rings is 1. The molecule has 2 saturated heterocycles. The number of sulfonamides is 1. The average Bonchev–Trinajstić information content (AvgIpc) is 3.26. The molecule has 2 aliphatic rings. The van der Waals surface area contributed by atoms with Crippen molar-refractivity contribution >= 4 is 16.2 Å². The van der Waals surface area contributed by atoms with Crippen LogP contribution >= 0.6 is 0 Å². The minimum Gasteiger partial charge on any atom is -0.308 e. The molecule has 2 fully saturated rings. The van der Waals surface area contributed by atoms with E-state index in [2.05, 4.69) is 16.8 Å². The molecule has 4 rings (SSSR count). The third-order valence-electron chi connectivity index (χ3n) is 6.16. The van der Waals surface area contributed by atoms with Crippen molar-refractivity contribution in [1.82, 2.24) is 14.2 Å². The standard InChI is InChI=1S/C22H28N4O2S/c1-17-9-12-25(13-10-17)20-11-14-26(16-20)29(27,28)22-4-2-3-21(24-22)19-7-5-18(15-23)6-8-19/h2-8,15,17,20,23H,9-14,16H2,1H3. The van der Waals surface area contributed by atoms with Crippen LogP contribution in [0.25, 0.3) is 11.3 Å². The molecular formula is C22H28N4O2S. The Labute approximate surface area is 173 Å². The molecule has 0 spiro atoms. The zero-order valence-corrected chi connectivity index (χ0v) is 17.6. The summed E-state index contributed by atoms with van der Waals surface area (Å²) in [5.41, 5.74) is 2.27. The molecule has 29 heavy (non-hydrogen) atoms. The Hall–Kier alpha value is -2.09. The highest BCUT2D eigenvalue weighted by molar-refractivity contribution is 7.89. The van der Waals surface area contributed by atoms with E-state index in [0.717, 1.165) is 36.6 Å². The molecular weight excluding hydrogens is 384 g/mol. The molecule has 2 aromatic rings. The van der Waals surface area contributed by atoms with Gasteiger partial charge in [-0.3, -0.25) is 4.90 Å². The molecule has 3 heterocycles. The lowest BCUT2D eigenvalue weighted by Crippen LogP contribution is -2.43. The Kier molecular flexibility index (Phi) is 5.81. The third-order valence-corrected chi connectivity index (χ3v) is 7.93. The monoisotopic (exact) mass is 412 g/mol. The number of pyridine rings is 1. The largest absolute Gasteiger partial charge is 0.308 e. The molecule has 1 atom stereocenters. The topological polar surface area (TPSA) is 77.4 Å². The van der Waals surface area contributed by atoms with Crippen LogP contribution in [0.1, 0.15) is 31.7 Å². The maximum Gasteiger partial charge on any atom is 0.260 e. The maximum atomic E-state index is 13.2. The predicted octanol–water partition coefficient (Wildman–Crippen LogP) is 3.24. The van der Waals surface area contributed by atoms with Gasteiger partial charge >= 0.3 is 0 Å². The summed E-state index contributed by atoms with van der Waals surface area (Å²) < 4.78 is 28.0. The Morgan fingerprint density at radius 3 is 2.45 bits per heavy atom. The highest BCUT2D eigenvalue weighted by Gasteiger charge is 2.36. The highest BCUT2D eigenvalue weighted by Crippen LogP contribution is 2.27. The van der Waals surface area contributed by atoms with Crippen LogP contribution in [-0.4, -0.2) is 61.0 Å². The van der Waals surface area contributed by atoms with Gasteiger partial charge < -0.3 is 5.41 Å². The van der Waals surface area contributed by atoms with Crippen LogP contribution in [0, 0.1) is 11.3 Å². The summed E-state index contributed by atoms with van der Waals surface area (Å²) in [7, 11) is -3.60. The number of hydrogen-bond donors (Lipinski definition) is 1. The normalized spacial score (nSPS) is 22.0. The molecule has 0 aliphatic carbocycles. The fourth-order valence-electron chi connectivity index (χ4n) is 4.22. The van der Waals surface area contributed by atoms with Crippen LogP contribution in [0.3, 0.4) is 0 Å². The second kappa shape index (κ2) is 8.34. The van der Waals surface area contributed by atoms with Crippen molar-refractivity contribution < 1.29 is 8.42 Å². The first-order valence-corrected chi connectivity index (χ1v) is 11.7. The third kappa shape index (κ3) is 4.27. The van der Waals surface area contributed by atoms with E-state index in [1.54, 1.807) is 16.4 Å². The predicted molar refractivity (Wildman–Crippen MR) is 115 cm³/mol. The molecule has 154 valence electrons. The summed E-state index contributed by atoms with van der Waals surface area (Å²) in [5, 5.41) is 7.41. The van der Waals surface area contributed by atoms with Gasteiger partial charge in [0.1, 0.15) is 0 Å². The summed E-state index contributed by atoms with van der Waals surface area (Å²) in [5.74, 6) is 0.771. The fraction of sp³-hybridized carbons (Fsp3) is 0.455. The van der Waals surface area contributed by atoms with Gasteiger partial charge in [-0.05, 0) is 56.0 Å². The van der Waals surface area contributed by atoms with Crippen molar-refractivity contribution in [3.8, 4) is 11.3 Å². The second-order valence-electron chi connectivity index (χ2n) is 8.15. The Balaban J connectivity index is 1.51. The molecule has 1 aromatic heterocycles. The zero-order chi connectivity index (χ0) is 20.4. The van der Waals surface area contributed by atoms with Crippen molar-refractivity contribution in [3.05, 3.63) is 48.0 Å². The van der Waals surface area contributed by atoms with E-state index in [4.69, 9.17) is 5.41 Å². The van der Waals surface area contributed by atoms with Gasteiger partial charge in [-0.1, -0.05) is 37.3 Å². The fourth-order valence-corrected chi connectivity index (χ4v) is 5.67. The molecule has 1 unspecified atom stereocenters. The van der Waals surface area contributed by atoms with E-state index in [0.29, 0.717) is 24.8 Å². The van der Waals surface area contributed by atoms with Gasteiger partial charge in [-0.2, -0.15) is 4.31 Å². The Morgan fingerprint density at radius 1 is 1.03 bits per heavy atom. The first-order chi connectivity index (χ1) is 14.0. The van der Waals surface area contributed by atoms with E-state index < -0.39 is 10.0 Å². The highest BCUT2D eigenvalue weighted by atomic mass is 32.2. The number of aromatic nitrogens is 1. The summed E-state index contributed by atoms with van der Waals surface area (Å²) in [6.07, 6.45) is 4.57. The first kappa shape index (κ1) is 20.2. The summed E-state index contributed by atoms with van der Waals surface area (Å²) in [6, 6.07) is 12.9. The van der Waals surface area contributed by atoms with Crippen LogP contribution < -0.4 is 0 Å². The van der Waals surface area contributed by atoms with E-state index in [-0.39, 0.29) is 5.03 Å². The lowest BCUT2D eigenvalue weighted by atomic mass is 9.98. The lowest BCUT2D eigenvalue weighted by Gasteiger charge is -2.34. The quantitative estimate of drug-likeness (QED) is 0.765. The molecule has 1 aromatic carbocycles. The summed E-state index contributed by atoms with van der Waals surface area (Å²) in [6.45, 7) is 5.54. The number of hydrogen-bond acceptors (Lipinski definition) is 5.